The Labute approximate surface area is 170 Å². The second kappa shape index (κ2) is 12.8. The number of aliphatic hydroxyl groups excluding tert-OH is 1. The van der Waals surface area contributed by atoms with Gasteiger partial charge in [0.2, 0.25) is 0 Å². The Morgan fingerprint density at radius 1 is 1.26 bits per heavy atom. The van der Waals surface area contributed by atoms with Crippen LogP contribution in [0.25, 0.3) is 0 Å². The van der Waals surface area contributed by atoms with E-state index in [1.54, 1.807) is 11.8 Å². The van der Waals surface area contributed by atoms with Crippen molar-refractivity contribution in [2.24, 2.45) is 11.3 Å². The van der Waals surface area contributed by atoms with Crippen LogP contribution in [0.2, 0.25) is 0 Å². The number of rotatable bonds is 14. The summed E-state index contributed by atoms with van der Waals surface area (Å²) in [7, 11) is 0. The van der Waals surface area contributed by atoms with Gasteiger partial charge in [0.15, 0.2) is 0 Å². The molecule has 1 aliphatic carbocycles. The summed E-state index contributed by atoms with van der Waals surface area (Å²) in [5, 5.41) is 11.0. The minimum Gasteiger partial charge on any atom is -0.466 e. The molecule has 0 radical (unpaired) electrons. The standard InChI is InChI=1S/C22H40O4S/c1-5-7-15-22(3,4)20(24)16-27-19-14-13-18(23)17(19)11-9-8-10-12-21(25)26-6-2/h17,19-20,24H,5-16H2,1-4H3. The first-order chi connectivity index (χ1) is 12.8. The molecule has 3 unspecified atom stereocenters. The summed E-state index contributed by atoms with van der Waals surface area (Å²) >= 11 is 1.79. The third kappa shape index (κ3) is 8.99. The van der Waals surface area contributed by atoms with Gasteiger partial charge in [-0.2, -0.15) is 11.8 Å². The van der Waals surface area contributed by atoms with Crippen LogP contribution in [0.4, 0.5) is 0 Å². The van der Waals surface area contributed by atoms with Gasteiger partial charge in [0, 0.05) is 29.8 Å². The fraction of sp³-hybridized carbons (Fsp3) is 0.909. The normalized spacial score (nSPS) is 21.4. The van der Waals surface area contributed by atoms with Gasteiger partial charge in [-0.1, -0.05) is 46.5 Å². The first-order valence-corrected chi connectivity index (χ1v) is 11.8. The third-order valence-corrected chi connectivity index (χ3v) is 7.28. The van der Waals surface area contributed by atoms with Gasteiger partial charge in [0.25, 0.3) is 0 Å². The number of carbonyl (C=O) groups excluding carboxylic acids is 2. The monoisotopic (exact) mass is 400 g/mol. The molecule has 0 aliphatic heterocycles. The molecule has 0 aromatic rings. The van der Waals surface area contributed by atoms with E-state index in [4.69, 9.17) is 4.74 Å². The van der Waals surface area contributed by atoms with Crippen molar-refractivity contribution in [1.29, 1.82) is 0 Å². The van der Waals surface area contributed by atoms with E-state index in [0.29, 0.717) is 36.2 Å². The van der Waals surface area contributed by atoms with Crippen molar-refractivity contribution < 1.29 is 19.4 Å². The number of ketones is 1. The van der Waals surface area contributed by atoms with Gasteiger partial charge in [-0.3, -0.25) is 9.59 Å². The highest BCUT2D eigenvalue weighted by Crippen LogP contribution is 2.38. The maximum atomic E-state index is 12.3. The average molecular weight is 401 g/mol. The van der Waals surface area contributed by atoms with Crippen LogP contribution in [-0.4, -0.2) is 40.6 Å². The van der Waals surface area contributed by atoms with Crippen LogP contribution < -0.4 is 0 Å². The summed E-state index contributed by atoms with van der Waals surface area (Å²) in [6.45, 7) is 8.74. The number of hydrogen-bond acceptors (Lipinski definition) is 5. The summed E-state index contributed by atoms with van der Waals surface area (Å²) in [5.41, 5.74) is -0.0613. The molecule has 0 aromatic carbocycles. The summed E-state index contributed by atoms with van der Waals surface area (Å²) in [6.07, 6.45) is 8.81. The molecule has 0 heterocycles. The molecule has 158 valence electrons. The van der Waals surface area contributed by atoms with Crippen LogP contribution in [0.1, 0.15) is 91.9 Å². The summed E-state index contributed by atoms with van der Waals surface area (Å²) in [6, 6.07) is 0. The highest BCUT2D eigenvalue weighted by atomic mass is 32.2. The van der Waals surface area contributed by atoms with Crippen LogP contribution in [0, 0.1) is 11.3 Å². The molecule has 1 N–H and O–H groups in total. The van der Waals surface area contributed by atoms with Crippen LogP contribution in [0.5, 0.6) is 0 Å². The Bertz CT molecular complexity index is 450. The van der Waals surface area contributed by atoms with Crippen LogP contribution in [0.15, 0.2) is 0 Å². The molecule has 1 saturated carbocycles. The number of aliphatic hydroxyl groups is 1. The molecule has 1 fully saturated rings. The van der Waals surface area contributed by atoms with Gasteiger partial charge >= 0.3 is 5.97 Å². The lowest BCUT2D eigenvalue weighted by Crippen LogP contribution is -2.32. The molecule has 1 aliphatic rings. The maximum Gasteiger partial charge on any atom is 0.305 e. The number of esters is 1. The smallest absolute Gasteiger partial charge is 0.305 e. The van der Waals surface area contributed by atoms with E-state index in [0.717, 1.165) is 51.4 Å². The van der Waals surface area contributed by atoms with Gasteiger partial charge in [-0.05, 0) is 38.0 Å². The Balaban J connectivity index is 2.34. The van der Waals surface area contributed by atoms with E-state index in [9.17, 15) is 14.7 Å². The maximum absolute atomic E-state index is 12.3. The minimum atomic E-state index is -0.324. The van der Waals surface area contributed by atoms with E-state index < -0.39 is 0 Å². The molecule has 0 spiro atoms. The molecule has 0 bridgehead atoms. The van der Waals surface area contributed by atoms with Gasteiger partial charge in [-0.25, -0.2) is 0 Å². The van der Waals surface area contributed by atoms with Crippen molar-refractivity contribution in [2.45, 2.75) is 103 Å². The molecule has 5 heteroatoms. The Morgan fingerprint density at radius 3 is 2.67 bits per heavy atom. The molecule has 4 nitrogen and oxygen atoms in total. The van der Waals surface area contributed by atoms with E-state index in [1.165, 1.54) is 0 Å². The van der Waals surface area contributed by atoms with E-state index >= 15 is 0 Å². The largest absolute Gasteiger partial charge is 0.466 e. The molecular weight excluding hydrogens is 360 g/mol. The molecule has 1 rings (SSSR count). The number of Topliss-reactive ketones (excluding diaryl/α,β-unsaturated/α-hetero) is 1. The summed E-state index contributed by atoms with van der Waals surface area (Å²) < 4.78 is 4.94. The summed E-state index contributed by atoms with van der Waals surface area (Å²) in [5.74, 6) is 1.11. The highest BCUT2D eigenvalue weighted by Gasteiger charge is 2.36. The summed E-state index contributed by atoms with van der Waals surface area (Å²) in [4.78, 5) is 23.6. The zero-order chi connectivity index (χ0) is 20.3. The number of ether oxygens (including phenoxy) is 1. The predicted molar refractivity (Wildman–Crippen MR) is 113 cm³/mol. The number of hydrogen-bond donors (Lipinski definition) is 1. The quantitative estimate of drug-likeness (QED) is 0.322. The van der Waals surface area contributed by atoms with E-state index in [2.05, 4.69) is 20.8 Å². The van der Waals surface area contributed by atoms with Crippen LogP contribution in [-0.2, 0) is 14.3 Å². The number of carbonyl (C=O) groups is 2. The molecule has 3 atom stereocenters. The Kier molecular flexibility index (Phi) is 11.6. The topological polar surface area (TPSA) is 63.6 Å². The second-order valence-electron chi connectivity index (χ2n) is 8.50. The van der Waals surface area contributed by atoms with Gasteiger partial charge < -0.3 is 9.84 Å². The molecular formula is C22H40O4S. The van der Waals surface area contributed by atoms with Crippen molar-refractivity contribution in [3.63, 3.8) is 0 Å². The second-order valence-corrected chi connectivity index (χ2v) is 9.77. The fourth-order valence-electron chi connectivity index (χ4n) is 3.71. The minimum absolute atomic E-state index is 0.0613. The van der Waals surface area contributed by atoms with Crippen molar-refractivity contribution in [1.82, 2.24) is 0 Å². The zero-order valence-corrected chi connectivity index (χ0v) is 18.6. The Hall–Kier alpha value is -0.550. The van der Waals surface area contributed by atoms with Gasteiger partial charge in [-0.15, -0.1) is 0 Å². The molecule has 27 heavy (non-hydrogen) atoms. The van der Waals surface area contributed by atoms with Crippen molar-refractivity contribution in [3.8, 4) is 0 Å². The first kappa shape index (κ1) is 24.5. The zero-order valence-electron chi connectivity index (χ0n) is 17.8. The number of thioether (sulfide) groups is 1. The van der Waals surface area contributed by atoms with Crippen molar-refractivity contribution in [3.05, 3.63) is 0 Å². The third-order valence-electron chi connectivity index (χ3n) is 5.78. The SMILES string of the molecule is CCCCC(C)(C)C(O)CSC1CCC(=O)C1CCCCCC(=O)OCC. The van der Waals surface area contributed by atoms with Gasteiger partial charge in [0.1, 0.15) is 5.78 Å². The van der Waals surface area contributed by atoms with Crippen LogP contribution in [0.3, 0.4) is 0 Å². The van der Waals surface area contributed by atoms with Crippen molar-refractivity contribution >= 4 is 23.5 Å². The lowest BCUT2D eigenvalue weighted by Gasteiger charge is -2.31. The molecule has 0 aromatic heterocycles. The predicted octanol–water partition coefficient (Wildman–Crippen LogP) is 5.16. The number of unbranched alkanes of at least 4 members (excludes halogenated alkanes) is 3. The fourth-order valence-corrected chi connectivity index (χ4v) is 5.39. The van der Waals surface area contributed by atoms with Crippen LogP contribution >= 0.6 is 11.8 Å². The lowest BCUT2D eigenvalue weighted by molar-refractivity contribution is -0.143. The Morgan fingerprint density at radius 2 is 2.00 bits per heavy atom. The highest BCUT2D eigenvalue weighted by molar-refractivity contribution is 8.00. The molecule has 0 amide bonds. The average Bonchev–Trinajstić information content (AvgIpc) is 2.97. The lowest BCUT2D eigenvalue weighted by atomic mass is 9.82. The van der Waals surface area contributed by atoms with Crippen molar-refractivity contribution in [2.75, 3.05) is 12.4 Å². The van der Waals surface area contributed by atoms with E-state index in [1.807, 2.05) is 6.92 Å². The van der Waals surface area contributed by atoms with E-state index in [-0.39, 0.29) is 23.4 Å². The first-order valence-electron chi connectivity index (χ1n) is 10.8. The molecule has 0 saturated heterocycles. The van der Waals surface area contributed by atoms with Gasteiger partial charge in [0.05, 0.1) is 12.7 Å².